The van der Waals surface area contributed by atoms with Gasteiger partial charge in [-0.25, -0.2) is 14.4 Å². The Hall–Kier alpha value is -3.28. The Bertz CT molecular complexity index is 898. The van der Waals surface area contributed by atoms with Crippen molar-refractivity contribution in [3.63, 3.8) is 0 Å². The molecule has 0 radical (unpaired) electrons. The molecule has 1 heterocycles. The van der Waals surface area contributed by atoms with Crippen LogP contribution in [0.25, 0.3) is 0 Å². The maximum atomic E-state index is 13.6. The number of hydrogen-bond acceptors (Lipinski definition) is 4. The highest BCUT2D eigenvalue weighted by Gasteiger charge is 2.10. The van der Waals surface area contributed by atoms with Crippen molar-refractivity contribution in [2.45, 2.75) is 13.5 Å². The summed E-state index contributed by atoms with van der Waals surface area (Å²) in [6.07, 6.45) is 1.49. The Morgan fingerprint density at radius 1 is 1.08 bits per heavy atom. The normalized spacial score (nSPS) is 10.3. The maximum absolute atomic E-state index is 13.6. The highest BCUT2D eigenvalue weighted by molar-refractivity contribution is 6.03. The molecular formula is C19H17FN4O. The summed E-state index contributed by atoms with van der Waals surface area (Å²) in [6, 6.07) is 15.5. The van der Waals surface area contributed by atoms with E-state index in [0.717, 1.165) is 11.3 Å². The van der Waals surface area contributed by atoms with Crippen LogP contribution in [-0.2, 0) is 6.54 Å². The van der Waals surface area contributed by atoms with Crippen molar-refractivity contribution in [1.82, 2.24) is 9.97 Å². The van der Waals surface area contributed by atoms with E-state index in [1.807, 2.05) is 31.2 Å². The predicted molar refractivity (Wildman–Crippen MR) is 94.9 cm³/mol. The summed E-state index contributed by atoms with van der Waals surface area (Å²) in [7, 11) is 0. The van der Waals surface area contributed by atoms with E-state index in [1.54, 1.807) is 18.2 Å². The SMILES string of the molecule is Cc1ccccc1NC(=O)c1ccnc(NCc2ccccc2F)n1. The molecule has 2 N–H and O–H groups in total. The second-order valence-electron chi connectivity index (χ2n) is 5.48. The van der Waals surface area contributed by atoms with E-state index in [0.29, 0.717) is 5.56 Å². The quantitative estimate of drug-likeness (QED) is 0.744. The Labute approximate surface area is 145 Å². The molecule has 0 aliphatic carbocycles. The number of hydrogen-bond donors (Lipinski definition) is 2. The van der Waals surface area contributed by atoms with Gasteiger partial charge in [0.05, 0.1) is 0 Å². The number of para-hydroxylation sites is 1. The molecule has 126 valence electrons. The summed E-state index contributed by atoms with van der Waals surface area (Å²) < 4.78 is 13.6. The van der Waals surface area contributed by atoms with Crippen molar-refractivity contribution in [2.24, 2.45) is 0 Å². The third-order valence-electron chi connectivity index (χ3n) is 3.68. The summed E-state index contributed by atoms with van der Waals surface area (Å²) in [5, 5.41) is 5.75. The minimum absolute atomic E-state index is 0.231. The number of aromatic nitrogens is 2. The standard InChI is InChI=1S/C19H17FN4O/c1-13-6-2-5-9-16(13)23-18(25)17-10-11-21-19(24-17)22-12-14-7-3-4-8-15(14)20/h2-11H,12H2,1H3,(H,23,25)(H,21,22,24). The van der Waals surface area contributed by atoms with Crippen LogP contribution >= 0.6 is 0 Å². The number of nitrogens with zero attached hydrogens (tertiary/aromatic N) is 2. The van der Waals surface area contributed by atoms with Crippen LogP contribution in [0.5, 0.6) is 0 Å². The van der Waals surface area contributed by atoms with E-state index in [-0.39, 0.29) is 29.9 Å². The van der Waals surface area contributed by atoms with Crippen LogP contribution in [-0.4, -0.2) is 15.9 Å². The molecule has 1 amide bonds. The first kappa shape index (κ1) is 16.6. The van der Waals surface area contributed by atoms with Gasteiger partial charge in [0, 0.05) is 24.0 Å². The molecule has 0 bridgehead atoms. The van der Waals surface area contributed by atoms with Gasteiger partial charge in [0.25, 0.3) is 5.91 Å². The average Bonchev–Trinajstić information content (AvgIpc) is 2.63. The lowest BCUT2D eigenvalue weighted by Crippen LogP contribution is -2.16. The van der Waals surface area contributed by atoms with Crippen molar-refractivity contribution in [3.8, 4) is 0 Å². The zero-order valence-corrected chi connectivity index (χ0v) is 13.7. The van der Waals surface area contributed by atoms with Crippen LogP contribution in [0.15, 0.2) is 60.8 Å². The van der Waals surface area contributed by atoms with Gasteiger partial charge in [-0.2, -0.15) is 0 Å². The van der Waals surface area contributed by atoms with Crippen LogP contribution in [0, 0.1) is 12.7 Å². The zero-order valence-electron chi connectivity index (χ0n) is 13.7. The van der Waals surface area contributed by atoms with Gasteiger partial charge < -0.3 is 10.6 Å². The fraction of sp³-hybridized carbons (Fsp3) is 0.105. The molecule has 1 aromatic heterocycles. The third kappa shape index (κ3) is 4.17. The first-order valence-electron chi connectivity index (χ1n) is 7.81. The predicted octanol–water partition coefficient (Wildman–Crippen LogP) is 3.79. The molecule has 3 rings (SSSR count). The number of aryl methyl sites for hydroxylation is 1. The molecule has 0 aliphatic heterocycles. The molecule has 0 atom stereocenters. The lowest BCUT2D eigenvalue weighted by Gasteiger charge is -2.09. The van der Waals surface area contributed by atoms with Crippen LogP contribution < -0.4 is 10.6 Å². The lowest BCUT2D eigenvalue weighted by atomic mass is 10.2. The molecule has 0 saturated heterocycles. The highest BCUT2D eigenvalue weighted by atomic mass is 19.1. The number of carbonyl (C=O) groups excluding carboxylic acids is 1. The molecule has 6 heteroatoms. The highest BCUT2D eigenvalue weighted by Crippen LogP contribution is 2.14. The van der Waals surface area contributed by atoms with Gasteiger partial charge >= 0.3 is 0 Å². The van der Waals surface area contributed by atoms with Gasteiger partial charge in [-0.1, -0.05) is 36.4 Å². The van der Waals surface area contributed by atoms with Gasteiger partial charge in [-0.05, 0) is 30.7 Å². The fourth-order valence-electron chi connectivity index (χ4n) is 2.29. The second kappa shape index (κ2) is 7.53. The molecule has 0 fully saturated rings. The molecule has 0 spiro atoms. The van der Waals surface area contributed by atoms with Gasteiger partial charge in [0.1, 0.15) is 11.5 Å². The lowest BCUT2D eigenvalue weighted by molar-refractivity contribution is 0.102. The number of amides is 1. The van der Waals surface area contributed by atoms with Gasteiger partial charge in [0.15, 0.2) is 0 Å². The minimum atomic E-state index is -0.328. The Morgan fingerprint density at radius 2 is 1.84 bits per heavy atom. The topological polar surface area (TPSA) is 66.9 Å². The number of rotatable bonds is 5. The Morgan fingerprint density at radius 3 is 2.64 bits per heavy atom. The summed E-state index contributed by atoms with van der Waals surface area (Å²) in [5.41, 5.74) is 2.42. The van der Waals surface area contributed by atoms with Gasteiger partial charge in [0.2, 0.25) is 5.95 Å². The van der Waals surface area contributed by atoms with E-state index in [1.165, 1.54) is 18.3 Å². The molecule has 3 aromatic rings. The third-order valence-corrected chi connectivity index (χ3v) is 3.68. The summed E-state index contributed by atoms with van der Waals surface area (Å²) in [5.74, 6) is -0.366. The number of carbonyl (C=O) groups is 1. The Balaban J connectivity index is 1.70. The van der Waals surface area contributed by atoms with E-state index in [9.17, 15) is 9.18 Å². The van der Waals surface area contributed by atoms with Crippen molar-refractivity contribution < 1.29 is 9.18 Å². The maximum Gasteiger partial charge on any atom is 0.274 e. The van der Waals surface area contributed by atoms with Gasteiger partial charge in [-0.15, -0.1) is 0 Å². The van der Waals surface area contributed by atoms with E-state index < -0.39 is 0 Å². The number of anilines is 2. The van der Waals surface area contributed by atoms with Crippen LogP contribution in [0.3, 0.4) is 0 Å². The number of benzene rings is 2. The first-order chi connectivity index (χ1) is 12.1. The van der Waals surface area contributed by atoms with Crippen LogP contribution in [0.1, 0.15) is 21.6 Å². The van der Waals surface area contributed by atoms with Crippen molar-refractivity contribution in [3.05, 3.63) is 83.4 Å². The number of halogens is 1. The largest absolute Gasteiger partial charge is 0.350 e. The summed E-state index contributed by atoms with van der Waals surface area (Å²) in [6.45, 7) is 2.15. The fourth-order valence-corrected chi connectivity index (χ4v) is 2.29. The molecule has 25 heavy (non-hydrogen) atoms. The van der Waals surface area contributed by atoms with Gasteiger partial charge in [-0.3, -0.25) is 4.79 Å². The van der Waals surface area contributed by atoms with E-state index in [2.05, 4.69) is 20.6 Å². The molecule has 0 saturated carbocycles. The van der Waals surface area contributed by atoms with E-state index in [4.69, 9.17) is 0 Å². The molecule has 5 nitrogen and oxygen atoms in total. The van der Waals surface area contributed by atoms with Crippen molar-refractivity contribution in [2.75, 3.05) is 10.6 Å². The van der Waals surface area contributed by atoms with E-state index >= 15 is 0 Å². The Kier molecular flexibility index (Phi) is 4.99. The smallest absolute Gasteiger partial charge is 0.274 e. The second-order valence-corrected chi connectivity index (χ2v) is 5.48. The van der Waals surface area contributed by atoms with Crippen molar-refractivity contribution in [1.29, 1.82) is 0 Å². The van der Waals surface area contributed by atoms with Crippen molar-refractivity contribution >= 4 is 17.5 Å². The van der Waals surface area contributed by atoms with Crippen LogP contribution in [0.4, 0.5) is 16.0 Å². The molecule has 2 aromatic carbocycles. The zero-order chi connectivity index (χ0) is 17.6. The summed E-state index contributed by atoms with van der Waals surface area (Å²) >= 11 is 0. The summed E-state index contributed by atoms with van der Waals surface area (Å²) in [4.78, 5) is 20.6. The molecular weight excluding hydrogens is 319 g/mol. The number of nitrogens with one attached hydrogen (secondary N) is 2. The molecule has 0 unspecified atom stereocenters. The monoisotopic (exact) mass is 336 g/mol. The van der Waals surface area contributed by atoms with Crippen LogP contribution in [0.2, 0.25) is 0 Å². The minimum Gasteiger partial charge on any atom is -0.350 e. The molecule has 0 aliphatic rings. The average molecular weight is 336 g/mol. The first-order valence-corrected chi connectivity index (χ1v) is 7.81.